The van der Waals surface area contributed by atoms with E-state index in [0.29, 0.717) is 13.0 Å². The Balaban J connectivity index is 2.35. The minimum atomic E-state index is -0.853. The molecule has 1 rings (SSSR count). The zero-order valence-electron chi connectivity index (χ0n) is 8.49. The Labute approximate surface area is 86.1 Å². The maximum absolute atomic E-state index is 11.2. The van der Waals surface area contributed by atoms with Gasteiger partial charge in [-0.1, -0.05) is 6.92 Å². The van der Waals surface area contributed by atoms with E-state index in [1.54, 1.807) is 11.2 Å². The molecule has 2 unspecified atom stereocenters. The lowest BCUT2D eigenvalue weighted by molar-refractivity contribution is -0.127. The molecule has 1 amide bonds. The van der Waals surface area contributed by atoms with Crippen molar-refractivity contribution in [3.8, 4) is 0 Å². The first-order valence-corrected chi connectivity index (χ1v) is 6.24. The largest absolute Gasteiger partial charge is 0.335 e. The van der Waals surface area contributed by atoms with Crippen molar-refractivity contribution in [1.82, 2.24) is 4.90 Å². The molecule has 1 aliphatic rings. The Morgan fingerprint density at radius 3 is 2.57 bits per heavy atom. The summed E-state index contributed by atoms with van der Waals surface area (Å²) >= 11 is 0. The number of rotatable bonds is 4. The minimum absolute atomic E-state index is 0.0136. The SMILES string of the molecule is CC(CCN1CC(=O)CC1=O)S(C)=O. The normalized spacial score (nSPS) is 21.4. The van der Waals surface area contributed by atoms with Gasteiger partial charge in [-0.05, 0) is 6.42 Å². The summed E-state index contributed by atoms with van der Waals surface area (Å²) in [6.07, 6.45) is 2.40. The first-order valence-electron chi connectivity index (χ1n) is 4.62. The fourth-order valence-electron chi connectivity index (χ4n) is 1.34. The number of hydrogen-bond donors (Lipinski definition) is 0. The molecule has 0 spiro atoms. The van der Waals surface area contributed by atoms with Gasteiger partial charge in [0.25, 0.3) is 0 Å². The smallest absolute Gasteiger partial charge is 0.230 e. The predicted molar refractivity (Wildman–Crippen MR) is 54.3 cm³/mol. The lowest BCUT2D eigenvalue weighted by atomic mass is 10.3. The molecule has 0 aromatic heterocycles. The van der Waals surface area contributed by atoms with Gasteiger partial charge in [-0.25, -0.2) is 0 Å². The number of hydrogen-bond acceptors (Lipinski definition) is 3. The standard InChI is InChI=1S/C9H15NO3S/c1-7(14(2)13)3-4-10-6-8(11)5-9(10)12/h7H,3-6H2,1-2H3. The Bertz CT molecular complexity index is 277. The Kier molecular flexibility index (Phi) is 3.80. The minimum Gasteiger partial charge on any atom is -0.335 e. The maximum atomic E-state index is 11.2. The van der Waals surface area contributed by atoms with Crippen molar-refractivity contribution < 1.29 is 13.8 Å². The van der Waals surface area contributed by atoms with Crippen LogP contribution in [0.5, 0.6) is 0 Å². The van der Waals surface area contributed by atoms with E-state index in [9.17, 15) is 13.8 Å². The number of Topliss-reactive ketones (excluding diaryl/α,β-unsaturated/α-hetero) is 1. The number of ketones is 1. The zero-order valence-corrected chi connectivity index (χ0v) is 9.30. The Morgan fingerprint density at radius 1 is 1.50 bits per heavy atom. The van der Waals surface area contributed by atoms with Gasteiger partial charge in [0.05, 0.1) is 13.0 Å². The second-order valence-electron chi connectivity index (χ2n) is 3.63. The average molecular weight is 217 g/mol. The van der Waals surface area contributed by atoms with E-state index in [1.165, 1.54) is 0 Å². The van der Waals surface area contributed by atoms with Gasteiger partial charge in [0.2, 0.25) is 5.91 Å². The molecule has 1 saturated heterocycles. The number of carbonyl (C=O) groups is 2. The van der Waals surface area contributed by atoms with E-state index in [4.69, 9.17) is 0 Å². The quantitative estimate of drug-likeness (QED) is 0.620. The third-order valence-electron chi connectivity index (χ3n) is 2.44. The van der Waals surface area contributed by atoms with Gasteiger partial charge in [0, 0.05) is 28.9 Å². The van der Waals surface area contributed by atoms with E-state index >= 15 is 0 Å². The molecule has 0 saturated carbocycles. The number of nitrogens with zero attached hydrogens (tertiary/aromatic N) is 1. The fraction of sp³-hybridized carbons (Fsp3) is 0.778. The van der Waals surface area contributed by atoms with Gasteiger partial charge in [-0.15, -0.1) is 0 Å². The summed E-state index contributed by atoms with van der Waals surface area (Å²) in [6, 6.07) is 0. The van der Waals surface area contributed by atoms with Crippen molar-refractivity contribution in [2.45, 2.75) is 25.0 Å². The van der Waals surface area contributed by atoms with Crippen LogP contribution in [0.3, 0.4) is 0 Å². The van der Waals surface area contributed by atoms with Gasteiger partial charge in [-0.2, -0.15) is 0 Å². The zero-order chi connectivity index (χ0) is 10.7. The van der Waals surface area contributed by atoms with Crippen LogP contribution in [-0.2, 0) is 20.4 Å². The van der Waals surface area contributed by atoms with E-state index in [0.717, 1.165) is 0 Å². The molecule has 0 aromatic rings. The summed E-state index contributed by atoms with van der Waals surface area (Å²) in [5.41, 5.74) is 0. The van der Waals surface area contributed by atoms with Crippen LogP contribution in [0.25, 0.3) is 0 Å². The molecule has 0 bridgehead atoms. The highest BCUT2D eigenvalue weighted by molar-refractivity contribution is 7.84. The second kappa shape index (κ2) is 4.68. The Morgan fingerprint density at radius 2 is 2.14 bits per heavy atom. The highest BCUT2D eigenvalue weighted by Gasteiger charge is 2.27. The summed E-state index contributed by atoms with van der Waals surface area (Å²) in [4.78, 5) is 23.7. The van der Waals surface area contributed by atoms with Crippen LogP contribution in [0.2, 0.25) is 0 Å². The van der Waals surface area contributed by atoms with Gasteiger partial charge in [0.1, 0.15) is 0 Å². The molecule has 5 heteroatoms. The molecule has 1 fully saturated rings. The van der Waals surface area contributed by atoms with Gasteiger partial charge < -0.3 is 4.90 Å². The number of carbonyl (C=O) groups excluding carboxylic acids is 2. The van der Waals surface area contributed by atoms with Crippen molar-refractivity contribution in [1.29, 1.82) is 0 Å². The second-order valence-corrected chi connectivity index (χ2v) is 5.43. The molecule has 0 aliphatic carbocycles. The molecule has 1 heterocycles. The number of likely N-dealkylation sites (tertiary alicyclic amines) is 1. The summed E-state index contributed by atoms with van der Waals surface area (Å²) in [7, 11) is -0.853. The maximum Gasteiger partial charge on any atom is 0.230 e. The highest BCUT2D eigenvalue weighted by Crippen LogP contribution is 2.09. The van der Waals surface area contributed by atoms with Crippen LogP contribution in [-0.4, -0.2) is 45.4 Å². The van der Waals surface area contributed by atoms with Gasteiger partial charge in [-0.3, -0.25) is 13.8 Å². The predicted octanol–water partition coefficient (Wildman–Crippen LogP) is -0.0551. The third-order valence-corrected chi connectivity index (χ3v) is 3.81. The molecule has 14 heavy (non-hydrogen) atoms. The lowest BCUT2D eigenvalue weighted by Gasteiger charge is -2.16. The highest BCUT2D eigenvalue weighted by atomic mass is 32.2. The van der Waals surface area contributed by atoms with Crippen LogP contribution >= 0.6 is 0 Å². The van der Waals surface area contributed by atoms with Gasteiger partial charge >= 0.3 is 0 Å². The molecule has 0 radical (unpaired) electrons. The molecule has 0 N–H and O–H groups in total. The molecular formula is C9H15NO3S. The van der Waals surface area contributed by atoms with Crippen molar-refractivity contribution >= 4 is 22.5 Å². The van der Waals surface area contributed by atoms with Crippen LogP contribution in [0.4, 0.5) is 0 Å². The van der Waals surface area contributed by atoms with Gasteiger partial charge in [0.15, 0.2) is 5.78 Å². The molecule has 80 valence electrons. The van der Waals surface area contributed by atoms with E-state index in [-0.39, 0.29) is 29.9 Å². The fourth-order valence-corrected chi connectivity index (χ4v) is 1.78. The summed E-state index contributed by atoms with van der Waals surface area (Å²) in [5, 5.41) is 0.0819. The molecular weight excluding hydrogens is 202 g/mol. The lowest BCUT2D eigenvalue weighted by Crippen LogP contribution is -2.29. The molecule has 0 aromatic carbocycles. The van der Waals surface area contributed by atoms with Crippen LogP contribution in [0, 0.1) is 0 Å². The van der Waals surface area contributed by atoms with Crippen LogP contribution in [0.15, 0.2) is 0 Å². The summed E-state index contributed by atoms with van der Waals surface area (Å²) in [6.45, 7) is 2.67. The van der Waals surface area contributed by atoms with E-state index < -0.39 is 10.8 Å². The Hall–Kier alpha value is -0.710. The molecule has 2 atom stereocenters. The molecule has 1 aliphatic heterocycles. The van der Waals surface area contributed by atoms with Crippen LogP contribution in [0.1, 0.15) is 19.8 Å². The first kappa shape index (κ1) is 11.4. The summed E-state index contributed by atoms with van der Waals surface area (Å²) < 4.78 is 11.0. The van der Waals surface area contributed by atoms with Crippen molar-refractivity contribution in [2.75, 3.05) is 19.3 Å². The van der Waals surface area contributed by atoms with E-state index in [1.807, 2.05) is 6.92 Å². The van der Waals surface area contributed by atoms with Crippen molar-refractivity contribution in [2.24, 2.45) is 0 Å². The van der Waals surface area contributed by atoms with Crippen molar-refractivity contribution in [3.05, 3.63) is 0 Å². The average Bonchev–Trinajstić information content (AvgIpc) is 2.40. The van der Waals surface area contributed by atoms with Crippen LogP contribution < -0.4 is 0 Å². The topological polar surface area (TPSA) is 54.5 Å². The monoisotopic (exact) mass is 217 g/mol. The third kappa shape index (κ3) is 2.90. The first-order chi connectivity index (χ1) is 6.50. The number of amides is 1. The molecule has 4 nitrogen and oxygen atoms in total. The van der Waals surface area contributed by atoms with E-state index in [2.05, 4.69) is 0 Å². The summed E-state index contributed by atoms with van der Waals surface area (Å²) in [5.74, 6) is -0.107. The van der Waals surface area contributed by atoms with Crippen molar-refractivity contribution in [3.63, 3.8) is 0 Å².